The first-order chi connectivity index (χ1) is 10.9. The Balaban J connectivity index is 0.00000288. The maximum atomic E-state index is 14.0. The van der Waals surface area contributed by atoms with E-state index in [4.69, 9.17) is 10.5 Å². The molecule has 0 aliphatic rings. The monoisotopic (exact) mass is 352 g/mol. The van der Waals surface area contributed by atoms with E-state index in [-0.39, 0.29) is 24.2 Å². The smallest absolute Gasteiger partial charge is 0.245 e. The Morgan fingerprint density at radius 3 is 2.33 bits per heavy atom. The Kier molecular flexibility index (Phi) is 7.19. The Morgan fingerprint density at radius 1 is 1.17 bits per heavy atom. The number of benzene rings is 2. The van der Waals surface area contributed by atoms with E-state index in [0.717, 1.165) is 5.56 Å². The van der Waals surface area contributed by atoms with Gasteiger partial charge in [-0.25, -0.2) is 4.39 Å². The molecule has 1 amide bonds. The molecule has 0 aliphatic heterocycles. The van der Waals surface area contributed by atoms with Gasteiger partial charge in [-0.2, -0.15) is 0 Å². The van der Waals surface area contributed by atoms with Gasteiger partial charge in [-0.15, -0.1) is 12.4 Å². The number of aryl methyl sites for hydroxylation is 1. The molecule has 4 nitrogen and oxygen atoms in total. The number of nitrogens with one attached hydrogen (secondary N) is 1. The number of hydrogen-bond acceptors (Lipinski definition) is 3. The van der Waals surface area contributed by atoms with Crippen molar-refractivity contribution in [2.75, 3.05) is 5.32 Å². The minimum Gasteiger partial charge on any atom is -0.491 e. The zero-order valence-electron chi connectivity index (χ0n) is 13.9. The SMILES string of the molecule is Cc1ccc(C(N)C(=O)Nc2ccc(OC(C)C)cc2F)cc1.Cl. The molecule has 1 unspecified atom stereocenters. The van der Waals surface area contributed by atoms with Crippen molar-refractivity contribution in [3.05, 3.63) is 59.4 Å². The highest BCUT2D eigenvalue weighted by Gasteiger charge is 2.17. The zero-order valence-corrected chi connectivity index (χ0v) is 14.7. The number of ether oxygens (including phenoxy) is 1. The molecule has 0 saturated carbocycles. The molecule has 0 aliphatic carbocycles. The summed E-state index contributed by atoms with van der Waals surface area (Å²) in [6.45, 7) is 5.66. The molecular weight excluding hydrogens is 331 g/mol. The van der Waals surface area contributed by atoms with Crippen LogP contribution in [-0.4, -0.2) is 12.0 Å². The third kappa shape index (κ3) is 5.22. The normalized spacial score (nSPS) is 11.6. The molecule has 3 N–H and O–H groups in total. The molecule has 6 heteroatoms. The van der Waals surface area contributed by atoms with E-state index in [2.05, 4.69) is 5.32 Å². The van der Waals surface area contributed by atoms with Gasteiger partial charge < -0.3 is 15.8 Å². The van der Waals surface area contributed by atoms with Crippen molar-refractivity contribution >= 4 is 24.0 Å². The van der Waals surface area contributed by atoms with Gasteiger partial charge in [0.2, 0.25) is 5.91 Å². The van der Waals surface area contributed by atoms with Crippen LogP contribution in [0.4, 0.5) is 10.1 Å². The van der Waals surface area contributed by atoms with Crippen LogP contribution in [0.1, 0.15) is 31.0 Å². The van der Waals surface area contributed by atoms with Crippen molar-refractivity contribution in [3.63, 3.8) is 0 Å². The predicted molar refractivity (Wildman–Crippen MR) is 96.1 cm³/mol. The molecule has 0 fully saturated rings. The minimum atomic E-state index is -0.860. The lowest BCUT2D eigenvalue weighted by molar-refractivity contribution is -0.117. The third-order valence-corrected chi connectivity index (χ3v) is 3.29. The summed E-state index contributed by atoms with van der Waals surface area (Å²) in [6, 6.07) is 10.8. The van der Waals surface area contributed by atoms with Crippen LogP contribution < -0.4 is 15.8 Å². The first-order valence-corrected chi connectivity index (χ1v) is 7.46. The second-order valence-corrected chi connectivity index (χ2v) is 5.69. The molecule has 0 aromatic heterocycles. The number of carbonyl (C=O) groups is 1. The summed E-state index contributed by atoms with van der Waals surface area (Å²) in [7, 11) is 0. The lowest BCUT2D eigenvalue weighted by atomic mass is 10.1. The number of amides is 1. The average molecular weight is 353 g/mol. The van der Waals surface area contributed by atoms with Crippen LogP contribution in [0.15, 0.2) is 42.5 Å². The van der Waals surface area contributed by atoms with Gasteiger partial charge in [-0.05, 0) is 38.5 Å². The van der Waals surface area contributed by atoms with E-state index in [0.29, 0.717) is 11.3 Å². The summed E-state index contributed by atoms with van der Waals surface area (Å²) in [5.74, 6) is -0.615. The molecule has 0 saturated heterocycles. The maximum absolute atomic E-state index is 14.0. The highest BCUT2D eigenvalue weighted by Crippen LogP contribution is 2.23. The van der Waals surface area contributed by atoms with E-state index in [9.17, 15) is 9.18 Å². The van der Waals surface area contributed by atoms with Gasteiger partial charge in [0.1, 0.15) is 17.6 Å². The van der Waals surface area contributed by atoms with E-state index < -0.39 is 17.8 Å². The van der Waals surface area contributed by atoms with Gasteiger partial charge in [-0.3, -0.25) is 4.79 Å². The topological polar surface area (TPSA) is 64.4 Å². The average Bonchev–Trinajstić information content (AvgIpc) is 2.49. The molecule has 0 radical (unpaired) electrons. The highest BCUT2D eigenvalue weighted by atomic mass is 35.5. The maximum Gasteiger partial charge on any atom is 0.245 e. The van der Waals surface area contributed by atoms with Crippen molar-refractivity contribution < 1.29 is 13.9 Å². The lowest BCUT2D eigenvalue weighted by Crippen LogP contribution is -2.28. The number of carbonyl (C=O) groups excluding carboxylic acids is 1. The van der Waals surface area contributed by atoms with Crippen molar-refractivity contribution in [2.45, 2.75) is 32.9 Å². The van der Waals surface area contributed by atoms with E-state index in [1.54, 1.807) is 18.2 Å². The summed E-state index contributed by atoms with van der Waals surface area (Å²) in [5, 5.41) is 2.51. The van der Waals surface area contributed by atoms with Crippen LogP contribution in [0.25, 0.3) is 0 Å². The molecule has 0 spiro atoms. The number of halogens is 2. The largest absolute Gasteiger partial charge is 0.491 e. The van der Waals surface area contributed by atoms with Gasteiger partial charge >= 0.3 is 0 Å². The van der Waals surface area contributed by atoms with E-state index in [1.165, 1.54) is 12.1 Å². The van der Waals surface area contributed by atoms with Gasteiger partial charge in [0.25, 0.3) is 0 Å². The quantitative estimate of drug-likeness (QED) is 0.855. The molecular formula is C18H22ClFN2O2. The molecule has 24 heavy (non-hydrogen) atoms. The molecule has 2 rings (SSSR count). The summed E-state index contributed by atoms with van der Waals surface area (Å²) >= 11 is 0. The molecule has 0 bridgehead atoms. The second-order valence-electron chi connectivity index (χ2n) is 5.69. The second kappa shape index (κ2) is 8.66. The Bertz CT molecular complexity index is 690. The van der Waals surface area contributed by atoms with E-state index in [1.807, 2.05) is 32.9 Å². The van der Waals surface area contributed by atoms with Crippen LogP contribution in [0.3, 0.4) is 0 Å². The van der Waals surface area contributed by atoms with Crippen molar-refractivity contribution in [3.8, 4) is 5.75 Å². The Hall–Kier alpha value is -2.11. The Morgan fingerprint density at radius 2 is 1.79 bits per heavy atom. The lowest BCUT2D eigenvalue weighted by Gasteiger charge is -2.15. The van der Waals surface area contributed by atoms with Gasteiger partial charge in [0.05, 0.1) is 11.8 Å². The summed E-state index contributed by atoms with van der Waals surface area (Å²) in [4.78, 5) is 12.2. The fraction of sp³-hybridized carbons (Fsp3) is 0.278. The molecule has 130 valence electrons. The number of anilines is 1. The van der Waals surface area contributed by atoms with Crippen LogP contribution in [0, 0.1) is 12.7 Å². The van der Waals surface area contributed by atoms with Crippen molar-refractivity contribution in [1.29, 1.82) is 0 Å². The third-order valence-electron chi connectivity index (χ3n) is 3.29. The highest BCUT2D eigenvalue weighted by molar-refractivity contribution is 5.95. The number of nitrogens with two attached hydrogens (primary N) is 1. The molecule has 2 aromatic rings. The zero-order chi connectivity index (χ0) is 17.0. The molecule has 0 heterocycles. The Labute approximate surface area is 147 Å². The molecule has 1 atom stereocenters. The molecule has 2 aromatic carbocycles. The van der Waals surface area contributed by atoms with Gasteiger partial charge in [0, 0.05) is 6.07 Å². The van der Waals surface area contributed by atoms with Crippen LogP contribution in [0.2, 0.25) is 0 Å². The fourth-order valence-electron chi connectivity index (χ4n) is 2.08. The van der Waals surface area contributed by atoms with Gasteiger partial charge in [-0.1, -0.05) is 29.8 Å². The minimum absolute atomic E-state index is 0. The standard InChI is InChI=1S/C18H21FN2O2.ClH/c1-11(2)23-14-8-9-16(15(19)10-14)21-18(22)17(20)13-6-4-12(3)5-7-13;/h4-11,17H,20H2,1-3H3,(H,21,22);1H. The summed E-state index contributed by atoms with van der Waals surface area (Å²) in [5.41, 5.74) is 7.75. The summed E-state index contributed by atoms with van der Waals surface area (Å²) < 4.78 is 19.4. The summed E-state index contributed by atoms with van der Waals surface area (Å²) in [6.07, 6.45) is -0.0511. The predicted octanol–water partition coefficient (Wildman–Crippen LogP) is 3.98. The first kappa shape index (κ1) is 19.9. The van der Waals surface area contributed by atoms with Crippen molar-refractivity contribution in [1.82, 2.24) is 0 Å². The fourth-order valence-corrected chi connectivity index (χ4v) is 2.08. The van der Waals surface area contributed by atoms with Gasteiger partial charge in [0.15, 0.2) is 0 Å². The van der Waals surface area contributed by atoms with Crippen molar-refractivity contribution in [2.24, 2.45) is 5.73 Å². The van der Waals surface area contributed by atoms with E-state index >= 15 is 0 Å². The van der Waals surface area contributed by atoms with Crippen LogP contribution in [-0.2, 0) is 4.79 Å². The van der Waals surface area contributed by atoms with Crippen LogP contribution in [0.5, 0.6) is 5.75 Å². The number of rotatable bonds is 5. The number of hydrogen-bond donors (Lipinski definition) is 2. The van der Waals surface area contributed by atoms with Crippen LogP contribution >= 0.6 is 12.4 Å². The first-order valence-electron chi connectivity index (χ1n) is 7.46.